The molecule has 0 radical (unpaired) electrons. The zero-order chi connectivity index (χ0) is 25.8. The van der Waals surface area contributed by atoms with Crippen molar-refractivity contribution in [3.05, 3.63) is 52.0 Å². The number of carbonyl (C=O) groups is 2. The molecule has 194 valence electrons. The third-order valence-corrected chi connectivity index (χ3v) is 8.10. The third kappa shape index (κ3) is 6.16. The Balaban J connectivity index is 1.65. The van der Waals surface area contributed by atoms with Crippen LogP contribution in [0.5, 0.6) is 0 Å². The predicted molar refractivity (Wildman–Crippen MR) is 142 cm³/mol. The van der Waals surface area contributed by atoms with Gasteiger partial charge < -0.3 is 20.1 Å². The Bertz CT molecular complexity index is 1190. The van der Waals surface area contributed by atoms with Crippen LogP contribution in [0.15, 0.2) is 35.7 Å². The Labute approximate surface area is 216 Å². The van der Waals surface area contributed by atoms with Gasteiger partial charge in [0, 0.05) is 22.9 Å². The van der Waals surface area contributed by atoms with Gasteiger partial charge in [-0.2, -0.15) is 0 Å². The van der Waals surface area contributed by atoms with E-state index in [4.69, 9.17) is 10.1 Å². The van der Waals surface area contributed by atoms with Crippen LogP contribution in [0.2, 0.25) is 0 Å². The van der Waals surface area contributed by atoms with Crippen molar-refractivity contribution in [2.24, 2.45) is 11.8 Å². The van der Waals surface area contributed by atoms with Gasteiger partial charge in [0.15, 0.2) is 0 Å². The number of aliphatic hydroxyl groups is 1. The van der Waals surface area contributed by atoms with Crippen LogP contribution in [0.1, 0.15) is 86.4 Å². The van der Waals surface area contributed by atoms with E-state index in [9.17, 15) is 14.7 Å². The molecule has 0 aliphatic heterocycles. The summed E-state index contributed by atoms with van der Waals surface area (Å²) in [6.07, 6.45) is 4.50. The molecule has 3 aromatic rings. The number of imidazole rings is 1. The van der Waals surface area contributed by atoms with E-state index in [0.717, 1.165) is 29.7 Å². The second kappa shape index (κ2) is 11.6. The first kappa shape index (κ1) is 26.4. The van der Waals surface area contributed by atoms with Crippen LogP contribution in [0, 0.1) is 11.8 Å². The largest absolute Gasteiger partial charge is 0.481 e. The summed E-state index contributed by atoms with van der Waals surface area (Å²) in [6.45, 7) is 6.28. The van der Waals surface area contributed by atoms with E-state index in [2.05, 4.69) is 34.3 Å². The summed E-state index contributed by atoms with van der Waals surface area (Å²) in [5.41, 5.74) is 2.29. The van der Waals surface area contributed by atoms with Crippen LogP contribution in [-0.4, -0.2) is 43.8 Å². The molecule has 1 aliphatic rings. The van der Waals surface area contributed by atoms with Crippen molar-refractivity contribution >= 4 is 34.2 Å². The highest BCUT2D eigenvalue weighted by Gasteiger charge is 2.28. The summed E-state index contributed by atoms with van der Waals surface area (Å²) < 4.78 is 2.40. The normalized spacial score (nSPS) is 19.9. The number of carboxylic acids is 1. The monoisotopic (exact) mass is 511 g/mol. The van der Waals surface area contributed by atoms with Gasteiger partial charge in [0.05, 0.1) is 29.6 Å². The van der Waals surface area contributed by atoms with Gasteiger partial charge in [0.1, 0.15) is 5.82 Å². The summed E-state index contributed by atoms with van der Waals surface area (Å²) in [5.74, 6) is 0.362. The number of aliphatic hydroxyl groups excluding tert-OH is 1. The Hall–Kier alpha value is -2.71. The summed E-state index contributed by atoms with van der Waals surface area (Å²) in [4.78, 5) is 30.6. The Morgan fingerprint density at radius 1 is 1.22 bits per heavy atom. The number of thiophene rings is 1. The third-order valence-electron chi connectivity index (χ3n) is 7.23. The first-order valence-corrected chi connectivity index (χ1v) is 13.8. The zero-order valence-electron chi connectivity index (χ0n) is 21.3. The van der Waals surface area contributed by atoms with Crippen LogP contribution in [0.4, 0.5) is 0 Å². The van der Waals surface area contributed by atoms with Crippen molar-refractivity contribution in [3.8, 4) is 0 Å². The zero-order valence-corrected chi connectivity index (χ0v) is 22.1. The summed E-state index contributed by atoms with van der Waals surface area (Å²) in [6, 6.07) is 9.57. The minimum Gasteiger partial charge on any atom is -0.481 e. The van der Waals surface area contributed by atoms with Gasteiger partial charge in [-0.1, -0.05) is 39.7 Å². The first-order chi connectivity index (χ1) is 17.2. The lowest BCUT2D eigenvalue weighted by molar-refractivity contribution is -0.139. The van der Waals surface area contributed by atoms with Gasteiger partial charge in [-0.05, 0) is 60.7 Å². The lowest BCUT2D eigenvalue weighted by Gasteiger charge is -2.31. The average Bonchev–Trinajstić information content (AvgIpc) is 3.45. The van der Waals surface area contributed by atoms with Crippen LogP contribution < -0.4 is 5.32 Å². The highest BCUT2D eigenvalue weighted by molar-refractivity contribution is 7.09. The SMILES string of the molecule is CC(C)CC(NC(=O)c1ccc2c(c1)nc(Cc1cccs1)n2C1CCCC[C@H]1C)C(O)CC(=O)O. The van der Waals surface area contributed by atoms with Gasteiger partial charge >= 0.3 is 5.97 Å². The molecule has 1 aromatic carbocycles. The predicted octanol–water partition coefficient (Wildman–Crippen LogP) is 5.42. The van der Waals surface area contributed by atoms with E-state index in [0.29, 0.717) is 23.9 Å². The molecule has 3 N–H and O–H groups in total. The van der Waals surface area contributed by atoms with Crippen molar-refractivity contribution in [2.75, 3.05) is 0 Å². The van der Waals surface area contributed by atoms with Crippen molar-refractivity contribution in [1.29, 1.82) is 0 Å². The lowest BCUT2D eigenvalue weighted by Crippen LogP contribution is -2.45. The minimum atomic E-state index is -1.15. The van der Waals surface area contributed by atoms with E-state index in [1.54, 1.807) is 11.3 Å². The maximum absolute atomic E-state index is 13.2. The Morgan fingerprint density at radius 3 is 2.67 bits per heavy atom. The second-order valence-electron chi connectivity index (χ2n) is 10.6. The van der Waals surface area contributed by atoms with Gasteiger partial charge in [0.2, 0.25) is 0 Å². The standard InChI is InChI=1S/C28H37N3O4S/c1-17(2)13-22(25(32)16-27(33)34)30-28(35)19-10-11-24-21(14-19)29-26(15-20-8-6-12-36-20)31(24)23-9-5-4-7-18(23)3/h6,8,10-12,14,17-18,22-23,25,32H,4-5,7,9,13,15-16H2,1-3H3,(H,30,35)(H,33,34)/t18-,22?,23?,25?/m1/s1. The molecule has 1 fully saturated rings. The molecule has 4 atom stereocenters. The summed E-state index contributed by atoms with van der Waals surface area (Å²) >= 11 is 1.73. The highest BCUT2D eigenvalue weighted by atomic mass is 32.1. The molecular weight excluding hydrogens is 474 g/mol. The van der Waals surface area contributed by atoms with Gasteiger partial charge in [-0.15, -0.1) is 11.3 Å². The van der Waals surface area contributed by atoms with E-state index in [1.807, 2.05) is 32.0 Å². The number of hydrogen-bond acceptors (Lipinski definition) is 5. The maximum atomic E-state index is 13.2. The molecule has 2 heterocycles. The van der Waals surface area contributed by atoms with E-state index in [-0.39, 0.29) is 11.8 Å². The molecule has 8 heteroatoms. The second-order valence-corrected chi connectivity index (χ2v) is 11.6. The summed E-state index contributed by atoms with van der Waals surface area (Å²) in [5, 5.41) is 24.5. The van der Waals surface area contributed by atoms with Crippen LogP contribution in [0.25, 0.3) is 11.0 Å². The molecule has 1 saturated carbocycles. The molecular formula is C28H37N3O4S. The molecule has 2 aromatic heterocycles. The molecule has 4 rings (SSSR count). The first-order valence-electron chi connectivity index (χ1n) is 13.0. The molecule has 0 saturated heterocycles. The molecule has 3 unspecified atom stereocenters. The molecule has 7 nitrogen and oxygen atoms in total. The number of carbonyl (C=O) groups excluding carboxylic acids is 1. The number of hydrogen-bond donors (Lipinski definition) is 3. The minimum absolute atomic E-state index is 0.189. The molecule has 36 heavy (non-hydrogen) atoms. The van der Waals surface area contributed by atoms with Gasteiger partial charge in [-0.25, -0.2) is 4.98 Å². The van der Waals surface area contributed by atoms with E-state index < -0.39 is 24.5 Å². The van der Waals surface area contributed by atoms with Gasteiger partial charge in [0.25, 0.3) is 5.91 Å². The Kier molecular flexibility index (Phi) is 8.46. The number of aliphatic carboxylic acids is 1. The van der Waals surface area contributed by atoms with Crippen LogP contribution in [-0.2, 0) is 11.2 Å². The number of rotatable bonds is 10. The van der Waals surface area contributed by atoms with Crippen molar-refractivity contribution in [1.82, 2.24) is 14.9 Å². The maximum Gasteiger partial charge on any atom is 0.306 e. The fraction of sp³-hybridized carbons (Fsp3) is 0.536. The molecule has 0 spiro atoms. The van der Waals surface area contributed by atoms with Crippen molar-refractivity contribution in [3.63, 3.8) is 0 Å². The van der Waals surface area contributed by atoms with Crippen LogP contribution >= 0.6 is 11.3 Å². The van der Waals surface area contributed by atoms with Gasteiger partial charge in [-0.3, -0.25) is 9.59 Å². The van der Waals surface area contributed by atoms with Crippen molar-refractivity contribution < 1.29 is 19.8 Å². The number of carboxylic acid groups (broad SMARTS) is 1. The summed E-state index contributed by atoms with van der Waals surface area (Å²) in [7, 11) is 0. The number of nitrogens with zero attached hydrogens (tertiary/aromatic N) is 2. The number of fused-ring (bicyclic) bond motifs is 1. The smallest absolute Gasteiger partial charge is 0.306 e. The molecule has 1 amide bonds. The van der Waals surface area contributed by atoms with E-state index >= 15 is 0 Å². The number of aromatic nitrogens is 2. The number of benzene rings is 1. The molecule has 1 aliphatic carbocycles. The molecule has 0 bridgehead atoms. The fourth-order valence-electron chi connectivity index (χ4n) is 5.43. The number of amides is 1. The van der Waals surface area contributed by atoms with Crippen LogP contribution in [0.3, 0.4) is 0 Å². The Morgan fingerprint density at radius 2 is 2.00 bits per heavy atom. The van der Waals surface area contributed by atoms with Crippen molar-refractivity contribution in [2.45, 2.75) is 83.9 Å². The lowest BCUT2D eigenvalue weighted by atomic mass is 9.85. The fourth-order valence-corrected chi connectivity index (χ4v) is 6.13. The highest BCUT2D eigenvalue weighted by Crippen LogP contribution is 2.37. The average molecular weight is 512 g/mol. The topological polar surface area (TPSA) is 104 Å². The quantitative estimate of drug-likeness (QED) is 0.337. The number of nitrogens with one attached hydrogen (secondary N) is 1. The van der Waals surface area contributed by atoms with E-state index in [1.165, 1.54) is 24.1 Å².